The van der Waals surface area contributed by atoms with E-state index in [-0.39, 0.29) is 29.7 Å². The highest BCUT2D eigenvalue weighted by molar-refractivity contribution is 5.94. The number of esters is 1. The molecule has 0 spiro atoms. The molecule has 1 amide bonds. The molecule has 0 N–H and O–H groups in total. The average Bonchev–Trinajstić information content (AvgIpc) is 2.88. The van der Waals surface area contributed by atoms with Gasteiger partial charge in [0, 0.05) is 18.2 Å². The summed E-state index contributed by atoms with van der Waals surface area (Å²) in [4.78, 5) is 26.5. The van der Waals surface area contributed by atoms with Crippen LogP contribution in [0, 0.1) is 11.7 Å². The van der Waals surface area contributed by atoms with Crippen molar-refractivity contribution in [1.82, 2.24) is 4.90 Å². The lowest BCUT2D eigenvalue weighted by atomic mass is 10.0. The number of carbonyl (C=O) groups excluding carboxylic acids is 2. The van der Waals surface area contributed by atoms with E-state index in [4.69, 9.17) is 4.74 Å². The fraction of sp³-hybridized carbons (Fsp3) is 0.579. The summed E-state index contributed by atoms with van der Waals surface area (Å²) in [5.41, 5.74) is 0.456. The molecule has 0 aromatic heterocycles. The Morgan fingerprint density at radius 3 is 2.29 bits per heavy atom. The van der Waals surface area contributed by atoms with Crippen molar-refractivity contribution < 1.29 is 18.7 Å². The Bertz CT molecular complexity index is 550. The van der Waals surface area contributed by atoms with Gasteiger partial charge in [-0.1, -0.05) is 32.6 Å². The third-order valence-electron chi connectivity index (χ3n) is 4.69. The highest BCUT2D eigenvalue weighted by Crippen LogP contribution is 2.24. The topological polar surface area (TPSA) is 46.6 Å². The Kier molecular flexibility index (Phi) is 6.76. The summed E-state index contributed by atoms with van der Waals surface area (Å²) in [6.45, 7) is 2.10. The number of hydrogen-bond donors (Lipinski definition) is 0. The second kappa shape index (κ2) is 8.81. The van der Waals surface area contributed by atoms with Crippen LogP contribution in [0.15, 0.2) is 24.3 Å². The lowest BCUT2D eigenvalue weighted by Crippen LogP contribution is -2.44. The maximum Gasteiger partial charge on any atom is 0.310 e. The van der Waals surface area contributed by atoms with Crippen LogP contribution in [0.25, 0.3) is 0 Å². The summed E-state index contributed by atoms with van der Waals surface area (Å²) < 4.78 is 17.9. The Balaban J connectivity index is 2.21. The SMILES string of the molecule is COC(=O)C(C)CN(C(=O)c1ccc(F)cc1)C1CCCCCC1. The molecule has 1 aliphatic carbocycles. The summed E-state index contributed by atoms with van der Waals surface area (Å²) >= 11 is 0. The van der Waals surface area contributed by atoms with Gasteiger partial charge in [-0.15, -0.1) is 0 Å². The van der Waals surface area contributed by atoms with Gasteiger partial charge in [-0.2, -0.15) is 0 Å². The van der Waals surface area contributed by atoms with E-state index >= 15 is 0 Å². The molecule has 4 nitrogen and oxygen atoms in total. The van der Waals surface area contributed by atoms with Crippen molar-refractivity contribution in [3.05, 3.63) is 35.6 Å². The molecule has 5 heteroatoms. The number of rotatable bonds is 5. The number of halogens is 1. The molecule has 1 atom stereocenters. The van der Waals surface area contributed by atoms with Crippen LogP contribution in [0.3, 0.4) is 0 Å². The maximum absolute atomic E-state index is 13.1. The maximum atomic E-state index is 13.1. The predicted octanol–water partition coefficient (Wildman–Crippen LogP) is 3.80. The van der Waals surface area contributed by atoms with Gasteiger partial charge in [0.05, 0.1) is 13.0 Å². The summed E-state index contributed by atoms with van der Waals surface area (Å²) in [5, 5.41) is 0. The number of nitrogens with zero attached hydrogens (tertiary/aromatic N) is 1. The number of methoxy groups -OCH3 is 1. The lowest BCUT2D eigenvalue weighted by Gasteiger charge is -2.33. The quantitative estimate of drug-likeness (QED) is 0.607. The van der Waals surface area contributed by atoms with Gasteiger partial charge in [0.25, 0.3) is 5.91 Å². The lowest BCUT2D eigenvalue weighted by molar-refractivity contribution is -0.145. The molecule has 0 heterocycles. The molecule has 24 heavy (non-hydrogen) atoms. The monoisotopic (exact) mass is 335 g/mol. The fourth-order valence-corrected chi connectivity index (χ4v) is 3.30. The standard InChI is InChI=1S/C19H26FNO3/c1-14(19(23)24-2)13-21(17-7-5-3-4-6-8-17)18(22)15-9-11-16(20)12-10-15/h9-12,14,17H,3-8,13H2,1-2H3. The van der Waals surface area contributed by atoms with Crippen molar-refractivity contribution in [2.75, 3.05) is 13.7 Å². The van der Waals surface area contributed by atoms with E-state index in [1.54, 1.807) is 11.8 Å². The summed E-state index contributed by atoms with van der Waals surface area (Å²) in [6, 6.07) is 5.72. The molecule has 1 saturated carbocycles. The molecular formula is C19H26FNO3. The molecule has 1 aromatic carbocycles. The predicted molar refractivity (Wildman–Crippen MR) is 90.1 cm³/mol. The zero-order chi connectivity index (χ0) is 17.5. The van der Waals surface area contributed by atoms with Crippen molar-refractivity contribution >= 4 is 11.9 Å². The first kappa shape index (κ1) is 18.4. The first-order valence-electron chi connectivity index (χ1n) is 8.67. The van der Waals surface area contributed by atoms with Gasteiger partial charge in [-0.25, -0.2) is 4.39 Å². The van der Waals surface area contributed by atoms with Gasteiger partial charge < -0.3 is 9.64 Å². The van der Waals surface area contributed by atoms with E-state index in [1.165, 1.54) is 44.2 Å². The van der Waals surface area contributed by atoms with Crippen molar-refractivity contribution in [3.63, 3.8) is 0 Å². The van der Waals surface area contributed by atoms with Crippen LogP contribution in [0.2, 0.25) is 0 Å². The van der Waals surface area contributed by atoms with Gasteiger partial charge >= 0.3 is 5.97 Å². The summed E-state index contributed by atoms with van der Waals surface area (Å²) in [7, 11) is 1.36. The molecule has 0 saturated heterocycles. The molecule has 1 fully saturated rings. The molecule has 1 unspecified atom stereocenters. The van der Waals surface area contributed by atoms with Crippen molar-refractivity contribution in [2.45, 2.75) is 51.5 Å². The number of amides is 1. The normalized spacial score (nSPS) is 17.0. The largest absolute Gasteiger partial charge is 0.469 e. The minimum atomic E-state index is -0.386. The molecule has 1 aliphatic rings. The van der Waals surface area contributed by atoms with Crippen LogP contribution in [-0.2, 0) is 9.53 Å². The third-order valence-corrected chi connectivity index (χ3v) is 4.69. The highest BCUT2D eigenvalue weighted by atomic mass is 19.1. The van der Waals surface area contributed by atoms with Crippen LogP contribution >= 0.6 is 0 Å². The third kappa shape index (κ3) is 4.79. The molecule has 0 radical (unpaired) electrons. The van der Waals surface area contributed by atoms with E-state index in [9.17, 15) is 14.0 Å². The average molecular weight is 335 g/mol. The number of hydrogen-bond acceptors (Lipinski definition) is 3. The van der Waals surface area contributed by atoms with Crippen LogP contribution in [-0.4, -0.2) is 36.5 Å². The molecule has 1 aromatic rings. The number of carbonyl (C=O) groups is 2. The van der Waals surface area contributed by atoms with Crippen molar-refractivity contribution in [3.8, 4) is 0 Å². The van der Waals surface area contributed by atoms with Gasteiger partial charge in [0.1, 0.15) is 5.82 Å². The zero-order valence-electron chi connectivity index (χ0n) is 14.5. The first-order valence-corrected chi connectivity index (χ1v) is 8.67. The second-order valence-electron chi connectivity index (χ2n) is 6.53. The minimum Gasteiger partial charge on any atom is -0.469 e. The van der Waals surface area contributed by atoms with Gasteiger partial charge in [0.2, 0.25) is 0 Å². The Morgan fingerprint density at radius 1 is 1.17 bits per heavy atom. The van der Waals surface area contributed by atoms with Crippen LogP contribution in [0.5, 0.6) is 0 Å². The first-order chi connectivity index (χ1) is 11.5. The smallest absolute Gasteiger partial charge is 0.310 e. The molecule has 0 bridgehead atoms. The summed E-state index contributed by atoms with van der Waals surface area (Å²) in [6.07, 6.45) is 6.43. The van der Waals surface area contributed by atoms with E-state index in [1.807, 2.05) is 0 Å². The van der Waals surface area contributed by atoms with E-state index in [2.05, 4.69) is 0 Å². The Labute approximate surface area is 143 Å². The van der Waals surface area contributed by atoms with Crippen LogP contribution < -0.4 is 0 Å². The number of ether oxygens (including phenoxy) is 1. The number of benzene rings is 1. The Hall–Kier alpha value is -1.91. The minimum absolute atomic E-state index is 0.122. The molecular weight excluding hydrogens is 309 g/mol. The van der Waals surface area contributed by atoms with Crippen LogP contribution in [0.1, 0.15) is 55.8 Å². The van der Waals surface area contributed by atoms with Crippen molar-refractivity contribution in [2.24, 2.45) is 5.92 Å². The fourth-order valence-electron chi connectivity index (χ4n) is 3.30. The molecule has 0 aliphatic heterocycles. The van der Waals surface area contributed by atoms with E-state index in [0.717, 1.165) is 25.7 Å². The van der Waals surface area contributed by atoms with Gasteiger partial charge in [-0.05, 0) is 37.1 Å². The van der Waals surface area contributed by atoms with E-state index < -0.39 is 0 Å². The zero-order valence-corrected chi connectivity index (χ0v) is 14.5. The molecule has 132 valence electrons. The highest BCUT2D eigenvalue weighted by Gasteiger charge is 2.29. The van der Waals surface area contributed by atoms with E-state index in [0.29, 0.717) is 12.1 Å². The Morgan fingerprint density at radius 2 is 1.75 bits per heavy atom. The second-order valence-corrected chi connectivity index (χ2v) is 6.53. The van der Waals surface area contributed by atoms with Gasteiger partial charge in [-0.3, -0.25) is 9.59 Å². The van der Waals surface area contributed by atoms with Gasteiger partial charge in [0.15, 0.2) is 0 Å². The summed E-state index contributed by atoms with van der Waals surface area (Å²) in [5.74, 6) is -1.21. The van der Waals surface area contributed by atoms with Crippen molar-refractivity contribution in [1.29, 1.82) is 0 Å². The molecule has 2 rings (SSSR count). The van der Waals surface area contributed by atoms with Crippen LogP contribution in [0.4, 0.5) is 4.39 Å².